The number of amides is 1. The van der Waals surface area contributed by atoms with Gasteiger partial charge in [-0.1, -0.05) is 83.5 Å². The van der Waals surface area contributed by atoms with Crippen LogP contribution in [0.25, 0.3) is 22.2 Å². The highest BCUT2D eigenvalue weighted by molar-refractivity contribution is 7.99. The highest BCUT2D eigenvalue weighted by Crippen LogP contribution is 2.31. The van der Waals surface area contributed by atoms with E-state index in [-0.39, 0.29) is 11.7 Å². The molecule has 0 aliphatic heterocycles. The largest absolute Gasteiger partial charge is 0.301 e. The molecule has 0 atom stereocenters. The van der Waals surface area contributed by atoms with Gasteiger partial charge in [-0.05, 0) is 34.5 Å². The highest BCUT2D eigenvalue weighted by Gasteiger charge is 2.17. The molecule has 0 bridgehead atoms. The van der Waals surface area contributed by atoms with Gasteiger partial charge in [0.2, 0.25) is 5.91 Å². The second-order valence-corrected chi connectivity index (χ2v) is 11.0. The maximum atomic E-state index is 12.7. The van der Waals surface area contributed by atoms with E-state index in [1.54, 1.807) is 24.4 Å². The zero-order valence-corrected chi connectivity index (χ0v) is 22.7. The van der Waals surface area contributed by atoms with Gasteiger partial charge in [0, 0.05) is 39.6 Å². The molecule has 186 valence electrons. The molecule has 1 N–H and O–H groups in total. The van der Waals surface area contributed by atoms with E-state index in [2.05, 4.69) is 45.3 Å². The lowest BCUT2D eigenvalue weighted by atomic mass is 10.0. The van der Waals surface area contributed by atoms with Crippen molar-refractivity contribution >= 4 is 68.1 Å². The summed E-state index contributed by atoms with van der Waals surface area (Å²) in [4.78, 5) is 18.0. The molecular formula is C27H21Cl2N5OS2. The van der Waals surface area contributed by atoms with E-state index in [4.69, 9.17) is 23.2 Å². The van der Waals surface area contributed by atoms with Crippen molar-refractivity contribution in [2.75, 3.05) is 11.1 Å². The predicted octanol–water partition coefficient (Wildman–Crippen LogP) is 7.37. The van der Waals surface area contributed by atoms with Gasteiger partial charge in [-0.3, -0.25) is 9.36 Å². The number of nitrogens with one attached hydrogen (secondary N) is 1. The first kappa shape index (κ1) is 25.5. The number of carbonyl (C=O) groups excluding carboxylic acids is 1. The lowest BCUT2D eigenvalue weighted by Gasteiger charge is -2.10. The summed E-state index contributed by atoms with van der Waals surface area (Å²) in [6, 6.07) is 19.6. The Morgan fingerprint density at radius 3 is 2.81 bits per heavy atom. The van der Waals surface area contributed by atoms with Crippen LogP contribution in [0, 0.1) is 0 Å². The molecule has 2 aromatic heterocycles. The lowest BCUT2D eigenvalue weighted by Crippen LogP contribution is -2.14. The first-order valence-corrected chi connectivity index (χ1v) is 13.9. The summed E-state index contributed by atoms with van der Waals surface area (Å²) in [7, 11) is 0. The number of aromatic nitrogens is 4. The molecule has 5 rings (SSSR count). The normalized spacial score (nSPS) is 11.1. The molecule has 5 aromatic rings. The van der Waals surface area contributed by atoms with Crippen LogP contribution in [0.15, 0.2) is 84.7 Å². The third kappa shape index (κ3) is 5.88. The van der Waals surface area contributed by atoms with Crippen molar-refractivity contribution in [1.29, 1.82) is 0 Å². The number of rotatable bonds is 9. The minimum absolute atomic E-state index is 0.167. The van der Waals surface area contributed by atoms with Crippen molar-refractivity contribution in [3.8, 4) is 11.4 Å². The summed E-state index contributed by atoms with van der Waals surface area (Å²) in [6.07, 6.45) is 4.12. The first-order chi connectivity index (χ1) is 18.0. The van der Waals surface area contributed by atoms with Gasteiger partial charge in [-0.25, -0.2) is 4.98 Å². The number of nitrogens with zero attached hydrogens (tertiary/aromatic N) is 4. The molecular weight excluding hydrogens is 545 g/mol. The van der Waals surface area contributed by atoms with Crippen LogP contribution in [0.1, 0.15) is 10.4 Å². The Labute approximate surface area is 232 Å². The van der Waals surface area contributed by atoms with Crippen molar-refractivity contribution in [3.63, 3.8) is 0 Å². The molecule has 10 heteroatoms. The number of carbonyl (C=O) groups is 1. The quantitative estimate of drug-likeness (QED) is 0.149. The van der Waals surface area contributed by atoms with E-state index in [0.717, 1.165) is 32.6 Å². The summed E-state index contributed by atoms with van der Waals surface area (Å²) in [5.41, 5.74) is 1.90. The summed E-state index contributed by atoms with van der Waals surface area (Å²) < 4.78 is 1.98. The van der Waals surface area contributed by atoms with Gasteiger partial charge in [-0.2, -0.15) is 0 Å². The van der Waals surface area contributed by atoms with Crippen molar-refractivity contribution in [2.24, 2.45) is 0 Å². The molecule has 2 heterocycles. The van der Waals surface area contributed by atoms with E-state index >= 15 is 0 Å². The number of thiazole rings is 1. The van der Waals surface area contributed by atoms with Crippen LogP contribution in [0.4, 0.5) is 5.13 Å². The van der Waals surface area contributed by atoms with Gasteiger partial charge in [-0.15, -0.1) is 28.1 Å². The Morgan fingerprint density at radius 1 is 1.11 bits per heavy atom. The molecule has 0 aliphatic rings. The number of fused-ring (bicyclic) bond motifs is 1. The monoisotopic (exact) mass is 565 g/mol. The van der Waals surface area contributed by atoms with Crippen molar-refractivity contribution in [2.45, 2.75) is 18.1 Å². The number of halogens is 2. The number of allylic oxidation sites excluding steroid dienone is 1. The number of thioether (sulfide) groups is 1. The standard InChI is InChI=1S/C27H21Cl2N5OS2/c1-2-12-34-25(22-9-5-7-17-6-3-4-8-21(17)22)32-33-27(34)36-16-24(35)31-26-30-15-20(37-26)14-18-13-19(28)10-11-23(18)29/h2-11,13,15H,1,12,14,16H2,(H,30,31,35). The third-order valence-corrected chi connectivity index (χ3v) is 8.05. The van der Waals surface area contributed by atoms with Crippen molar-refractivity contribution < 1.29 is 4.79 Å². The van der Waals surface area contributed by atoms with Gasteiger partial charge in [0.15, 0.2) is 16.1 Å². The minimum Gasteiger partial charge on any atom is -0.301 e. The Morgan fingerprint density at radius 2 is 1.95 bits per heavy atom. The molecule has 0 spiro atoms. The Hall–Kier alpha value is -3.17. The predicted molar refractivity (Wildman–Crippen MR) is 154 cm³/mol. The average Bonchev–Trinajstić information content (AvgIpc) is 3.51. The SMILES string of the molecule is C=CCn1c(SCC(=O)Nc2ncc(Cc3cc(Cl)ccc3Cl)s2)nnc1-c1cccc2ccccc12. The van der Waals surface area contributed by atoms with E-state index < -0.39 is 0 Å². The number of benzene rings is 3. The molecule has 0 aliphatic carbocycles. The number of hydrogen-bond acceptors (Lipinski definition) is 6. The van der Waals surface area contributed by atoms with Crippen molar-refractivity contribution in [1.82, 2.24) is 19.7 Å². The fourth-order valence-electron chi connectivity index (χ4n) is 3.91. The van der Waals surface area contributed by atoms with Gasteiger partial charge < -0.3 is 5.32 Å². The van der Waals surface area contributed by atoms with Crippen LogP contribution in [-0.2, 0) is 17.8 Å². The minimum atomic E-state index is -0.174. The molecule has 0 radical (unpaired) electrons. The Balaban J connectivity index is 1.27. The van der Waals surface area contributed by atoms with E-state index in [9.17, 15) is 4.79 Å². The topological polar surface area (TPSA) is 72.7 Å². The molecule has 3 aromatic carbocycles. The Bertz CT molecular complexity index is 1590. The zero-order chi connectivity index (χ0) is 25.8. The van der Waals surface area contributed by atoms with E-state index in [0.29, 0.717) is 33.3 Å². The van der Waals surface area contributed by atoms with Crippen LogP contribution in [0.2, 0.25) is 10.0 Å². The summed E-state index contributed by atoms with van der Waals surface area (Å²) in [5.74, 6) is 0.732. The average molecular weight is 567 g/mol. The third-order valence-electron chi connectivity index (χ3n) is 5.56. The maximum absolute atomic E-state index is 12.7. The van der Waals surface area contributed by atoms with E-state index in [1.165, 1.54) is 23.1 Å². The van der Waals surface area contributed by atoms with Crippen LogP contribution in [0.5, 0.6) is 0 Å². The molecule has 0 saturated heterocycles. The van der Waals surface area contributed by atoms with Crippen LogP contribution >= 0.6 is 46.3 Å². The number of hydrogen-bond donors (Lipinski definition) is 1. The molecule has 0 saturated carbocycles. The zero-order valence-electron chi connectivity index (χ0n) is 19.5. The second kappa shape index (κ2) is 11.5. The molecule has 37 heavy (non-hydrogen) atoms. The van der Waals surface area contributed by atoms with Crippen LogP contribution in [-0.4, -0.2) is 31.4 Å². The maximum Gasteiger partial charge on any atom is 0.236 e. The molecule has 6 nitrogen and oxygen atoms in total. The fourth-order valence-corrected chi connectivity index (χ4v) is 5.89. The van der Waals surface area contributed by atoms with Crippen LogP contribution in [0.3, 0.4) is 0 Å². The summed E-state index contributed by atoms with van der Waals surface area (Å²) in [6.45, 7) is 4.41. The molecule has 0 fully saturated rings. The van der Waals surface area contributed by atoms with Crippen LogP contribution < -0.4 is 5.32 Å². The smallest absolute Gasteiger partial charge is 0.236 e. The molecule has 0 unspecified atom stereocenters. The van der Waals surface area contributed by atoms with Crippen molar-refractivity contribution in [3.05, 3.63) is 100 Å². The van der Waals surface area contributed by atoms with Gasteiger partial charge >= 0.3 is 0 Å². The molecule has 1 amide bonds. The van der Waals surface area contributed by atoms with Gasteiger partial charge in [0.05, 0.1) is 5.75 Å². The second-order valence-electron chi connectivity index (χ2n) is 8.11. The fraction of sp³-hybridized carbons (Fsp3) is 0.111. The number of anilines is 1. The van der Waals surface area contributed by atoms with Gasteiger partial charge in [0.25, 0.3) is 0 Å². The Kier molecular flexibility index (Phi) is 7.90. The lowest BCUT2D eigenvalue weighted by molar-refractivity contribution is -0.113. The summed E-state index contributed by atoms with van der Waals surface area (Å²) >= 11 is 15.1. The summed E-state index contributed by atoms with van der Waals surface area (Å²) in [5, 5.41) is 16.4. The highest BCUT2D eigenvalue weighted by atomic mass is 35.5. The van der Waals surface area contributed by atoms with Gasteiger partial charge in [0.1, 0.15) is 0 Å². The first-order valence-electron chi connectivity index (χ1n) is 11.4. The van der Waals surface area contributed by atoms with E-state index in [1.807, 2.05) is 34.9 Å².